The highest BCUT2D eigenvalue weighted by atomic mass is 32.2. The molecule has 0 radical (unpaired) electrons. The third-order valence-corrected chi connectivity index (χ3v) is 7.91. The van der Waals surface area contributed by atoms with Gasteiger partial charge in [0.2, 0.25) is 10.0 Å². The smallest absolute Gasteiger partial charge is 0.245 e. The fourth-order valence-electron chi connectivity index (χ4n) is 4.30. The summed E-state index contributed by atoms with van der Waals surface area (Å²) in [6, 6.07) is 6.64. The summed E-state index contributed by atoms with van der Waals surface area (Å²) in [5, 5.41) is 0. The fourth-order valence-corrected chi connectivity index (χ4v) is 6.17. The van der Waals surface area contributed by atoms with E-state index in [-0.39, 0.29) is 22.6 Å². The first-order chi connectivity index (χ1) is 12.2. The molecule has 0 bridgehead atoms. The van der Waals surface area contributed by atoms with Crippen molar-refractivity contribution < 1.29 is 17.9 Å². The van der Waals surface area contributed by atoms with E-state index in [0.29, 0.717) is 19.4 Å². The third kappa shape index (κ3) is 3.12. The lowest BCUT2D eigenvalue weighted by Gasteiger charge is -2.42. The van der Waals surface area contributed by atoms with Crippen LogP contribution in [-0.4, -0.2) is 37.4 Å². The number of benzene rings is 1. The molecule has 1 aromatic carbocycles. The van der Waals surface area contributed by atoms with Crippen LogP contribution in [0.15, 0.2) is 29.2 Å². The van der Waals surface area contributed by atoms with Crippen molar-refractivity contribution in [2.75, 3.05) is 6.61 Å². The lowest BCUT2D eigenvalue weighted by molar-refractivity contribution is -0.147. The number of sulfonamides is 1. The zero-order valence-corrected chi connectivity index (χ0v) is 16.9. The molecule has 0 unspecified atom stereocenters. The predicted octanol–water partition coefficient (Wildman–Crippen LogP) is 3.52. The highest BCUT2D eigenvalue weighted by molar-refractivity contribution is 7.89. The van der Waals surface area contributed by atoms with E-state index in [1.54, 1.807) is 24.3 Å². The lowest BCUT2D eigenvalue weighted by atomic mass is 9.69. The number of aryl methyl sites for hydroxylation is 1. The maximum atomic E-state index is 13.4. The largest absolute Gasteiger partial charge is 0.359 e. The normalized spacial score (nSPS) is 33.5. The van der Waals surface area contributed by atoms with E-state index in [2.05, 4.69) is 0 Å². The molecule has 3 rings (SSSR count). The van der Waals surface area contributed by atoms with E-state index in [9.17, 15) is 13.2 Å². The Kier molecular flexibility index (Phi) is 5.30. The first-order valence-corrected chi connectivity index (χ1v) is 10.9. The molecule has 6 heteroatoms. The zero-order chi connectivity index (χ0) is 19.1. The Balaban J connectivity index is 2.03. The number of carbonyl (C=O) groups excluding carboxylic acids is 1. The van der Waals surface area contributed by atoms with Gasteiger partial charge in [0.1, 0.15) is 12.0 Å². The molecule has 0 spiro atoms. The van der Waals surface area contributed by atoms with E-state index < -0.39 is 21.7 Å². The second-order valence-corrected chi connectivity index (χ2v) is 9.81. The minimum atomic E-state index is -3.74. The molecular formula is C20H29NO4S. The van der Waals surface area contributed by atoms with Crippen LogP contribution in [0.5, 0.6) is 0 Å². The summed E-state index contributed by atoms with van der Waals surface area (Å²) in [5.41, 5.74) is 0.216. The van der Waals surface area contributed by atoms with Crippen LogP contribution in [0.3, 0.4) is 0 Å². The second-order valence-electron chi connectivity index (χ2n) is 7.97. The number of rotatable bonds is 4. The molecule has 1 aliphatic heterocycles. The predicted molar refractivity (Wildman–Crippen MR) is 100 cm³/mol. The molecule has 2 fully saturated rings. The molecule has 1 saturated carbocycles. The Labute approximate surface area is 156 Å². The van der Waals surface area contributed by atoms with Crippen molar-refractivity contribution in [2.24, 2.45) is 11.3 Å². The van der Waals surface area contributed by atoms with Gasteiger partial charge < -0.3 is 4.74 Å². The van der Waals surface area contributed by atoms with Gasteiger partial charge in [-0.1, -0.05) is 38.0 Å². The van der Waals surface area contributed by atoms with Crippen LogP contribution in [0.2, 0.25) is 0 Å². The summed E-state index contributed by atoms with van der Waals surface area (Å²) >= 11 is 0. The van der Waals surface area contributed by atoms with E-state index in [1.165, 1.54) is 4.31 Å². The molecule has 0 aromatic heterocycles. The monoisotopic (exact) mass is 379 g/mol. The van der Waals surface area contributed by atoms with E-state index in [1.807, 2.05) is 27.7 Å². The van der Waals surface area contributed by atoms with E-state index in [0.717, 1.165) is 18.4 Å². The van der Waals surface area contributed by atoms with Crippen molar-refractivity contribution in [2.45, 2.75) is 70.5 Å². The average Bonchev–Trinajstić information content (AvgIpc) is 3.05. The molecule has 1 saturated heterocycles. The lowest BCUT2D eigenvalue weighted by Crippen LogP contribution is -2.54. The maximum absolute atomic E-state index is 13.4. The quantitative estimate of drug-likeness (QED) is 0.803. The molecule has 26 heavy (non-hydrogen) atoms. The standard InChI is InChI=1S/C20H29NO4S/c1-5-16-13-25-19(20(4)12-6-7-15(3)18(20)22)21(16)26(23,24)17-10-8-14(2)9-11-17/h8-11,15-16,19H,5-7,12-13H2,1-4H3/t15-,16-,19-,20-/m1/s1. The fraction of sp³-hybridized carbons (Fsp3) is 0.650. The number of hydrogen-bond acceptors (Lipinski definition) is 4. The zero-order valence-electron chi connectivity index (χ0n) is 16.1. The van der Waals surface area contributed by atoms with Crippen LogP contribution in [0.25, 0.3) is 0 Å². The maximum Gasteiger partial charge on any atom is 0.245 e. The second kappa shape index (κ2) is 7.06. The number of ketones is 1. The summed E-state index contributed by atoms with van der Waals surface area (Å²) in [4.78, 5) is 13.2. The molecule has 1 aromatic rings. The Morgan fingerprint density at radius 3 is 2.54 bits per heavy atom. The van der Waals surface area contributed by atoms with Crippen LogP contribution < -0.4 is 0 Å². The van der Waals surface area contributed by atoms with Gasteiger partial charge in [0.05, 0.1) is 23.0 Å². The first-order valence-electron chi connectivity index (χ1n) is 9.48. The number of carbonyl (C=O) groups is 1. The van der Waals surface area contributed by atoms with Crippen LogP contribution in [0, 0.1) is 18.3 Å². The third-order valence-electron chi connectivity index (χ3n) is 5.99. The number of nitrogens with zero attached hydrogens (tertiary/aromatic N) is 1. The van der Waals surface area contributed by atoms with Crippen LogP contribution in [0.4, 0.5) is 0 Å². The van der Waals surface area contributed by atoms with Crippen LogP contribution in [-0.2, 0) is 19.6 Å². The number of Topliss-reactive ketones (excluding diaryl/α,β-unsaturated/α-hetero) is 1. The van der Waals surface area contributed by atoms with Gasteiger partial charge in [-0.3, -0.25) is 4.79 Å². The van der Waals surface area contributed by atoms with Gasteiger partial charge in [-0.2, -0.15) is 4.31 Å². The molecule has 1 aliphatic carbocycles. The van der Waals surface area contributed by atoms with E-state index >= 15 is 0 Å². The Bertz CT molecular complexity index is 774. The van der Waals surface area contributed by atoms with Gasteiger partial charge >= 0.3 is 0 Å². The summed E-state index contributed by atoms with van der Waals surface area (Å²) < 4.78 is 34.3. The van der Waals surface area contributed by atoms with Crippen molar-refractivity contribution in [1.82, 2.24) is 4.31 Å². The molecule has 144 valence electrons. The average molecular weight is 380 g/mol. The Morgan fingerprint density at radius 2 is 1.92 bits per heavy atom. The van der Waals surface area contributed by atoms with Crippen molar-refractivity contribution in [1.29, 1.82) is 0 Å². The van der Waals surface area contributed by atoms with Crippen molar-refractivity contribution in [3.8, 4) is 0 Å². The molecule has 2 aliphatic rings. The molecule has 1 heterocycles. The molecule has 0 amide bonds. The van der Waals surface area contributed by atoms with Gasteiger partial charge in [0.25, 0.3) is 0 Å². The molecule has 5 nitrogen and oxygen atoms in total. The van der Waals surface area contributed by atoms with Gasteiger partial charge in [0, 0.05) is 5.92 Å². The molecule has 4 atom stereocenters. The van der Waals surface area contributed by atoms with Gasteiger partial charge in [-0.25, -0.2) is 8.42 Å². The Hall–Kier alpha value is -1.24. The molecule has 0 N–H and O–H groups in total. The minimum Gasteiger partial charge on any atom is -0.359 e. The van der Waals surface area contributed by atoms with Crippen molar-refractivity contribution >= 4 is 15.8 Å². The number of hydrogen-bond donors (Lipinski definition) is 0. The van der Waals surface area contributed by atoms with Crippen LogP contribution in [0.1, 0.15) is 52.0 Å². The van der Waals surface area contributed by atoms with E-state index in [4.69, 9.17) is 4.74 Å². The van der Waals surface area contributed by atoms with Crippen molar-refractivity contribution in [3.05, 3.63) is 29.8 Å². The summed E-state index contributed by atoms with van der Waals surface area (Å²) in [6.45, 7) is 8.04. The highest BCUT2D eigenvalue weighted by Crippen LogP contribution is 2.45. The highest BCUT2D eigenvalue weighted by Gasteiger charge is 2.55. The summed E-state index contributed by atoms with van der Waals surface area (Å²) in [5.74, 6) is 0.0663. The van der Waals surface area contributed by atoms with Crippen molar-refractivity contribution in [3.63, 3.8) is 0 Å². The summed E-state index contributed by atoms with van der Waals surface area (Å²) in [7, 11) is -3.74. The van der Waals surface area contributed by atoms with Gasteiger partial charge in [0.15, 0.2) is 0 Å². The number of ether oxygens (including phenoxy) is 1. The Morgan fingerprint density at radius 1 is 1.27 bits per heavy atom. The van der Waals surface area contributed by atoms with Gasteiger partial charge in [-0.15, -0.1) is 0 Å². The topological polar surface area (TPSA) is 63.7 Å². The SMILES string of the molecule is CC[C@@H]1CO[C@H]([C@]2(C)CCC[C@@H](C)C2=O)N1S(=O)(=O)c1ccc(C)cc1. The minimum absolute atomic E-state index is 0.0537. The summed E-state index contributed by atoms with van der Waals surface area (Å²) in [6.07, 6.45) is 2.37. The van der Waals surface area contributed by atoms with Crippen LogP contribution >= 0.6 is 0 Å². The molecular weight excluding hydrogens is 350 g/mol. The first kappa shape index (κ1) is 19.5. The van der Waals surface area contributed by atoms with Gasteiger partial charge in [-0.05, 0) is 45.2 Å².